The van der Waals surface area contributed by atoms with Crippen LogP contribution in [-0.2, 0) is 0 Å². The molecule has 0 aromatic heterocycles. The summed E-state index contributed by atoms with van der Waals surface area (Å²) in [5.41, 5.74) is 2.22. The zero-order valence-corrected chi connectivity index (χ0v) is 8.94. The van der Waals surface area contributed by atoms with Gasteiger partial charge in [-0.1, -0.05) is 71.2 Å². The maximum absolute atomic E-state index is 5.85. The Morgan fingerprint density at radius 1 is 1.08 bits per heavy atom. The average Bonchev–Trinajstić information content (AvgIpc) is 2.45. The summed E-state index contributed by atoms with van der Waals surface area (Å²) in [7, 11) is 0. The van der Waals surface area contributed by atoms with Crippen molar-refractivity contribution >= 4 is 40.9 Å². The Bertz CT molecular complexity index is 349. The molecule has 0 amide bonds. The minimum atomic E-state index is -1.25. The largest absolute Gasteiger partial charge is 0.200 e. The maximum atomic E-state index is 5.85. The van der Waals surface area contributed by atoms with Gasteiger partial charge < -0.3 is 0 Å². The SMILES string of the molecule is ClC(Cl)(Cl)C1C=Cc2ccccc21. The van der Waals surface area contributed by atoms with E-state index in [2.05, 4.69) is 0 Å². The molecule has 13 heavy (non-hydrogen) atoms. The maximum Gasteiger partial charge on any atom is 0.200 e. The second kappa shape index (κ2) is 3.20. The Morgan fingerprint density at radius 2 is 1.77 bits per heavy atom. The summed E-state index contributed by atoms with van der Waals surface area (Å²) < 4.78 is -1.25. The highest BCUT2D eigenvalue weighted by Gasteiger charge is 2.34. The summed E-state index contributed by atoms with van der Waals surface area (Å²) in [6.45, 7) is 0. The van der Waals surface area contributed by atoms with Crippen molar-refractivity contribution < 1.29 is 0 Å². The standard InChI is InChI=1S/C10H7Cl3/c11-10(12,13)9-6-5-7-3-1-2-4-8(7)9/h1-6,9H. The highest BCUT2D eigenvalue weighted by molar-refractivity contribution is 6.68. The van der Waals surface area contributed by atoms with Crippen molar-refractivity contribution in [2.45, 2.75) is 9.71 Å². The number of fused-ring (bicyclic) bond motifs is 1. The van der Waals surface area contributed by atoms with Crippen LogP contribution >= 0.6 is 34.8 Å². The quantitative estimate of drug-likeness (QED) is 0.590. The molecule has 2 rings (SSSR count). The molecule has 68 valence electrons. The Kier molecular flexibility index (Phi) is 2.31. The Labute approximate surface area is 92.1 Å². The fourth-order valence-corrected chi connectivity index (χ4v) is 2.11. The van der Waals surface area contributed by atoms with Crippen molar-refractivity contribution in [2.75, 3.05) is 0 Å². The monoisotopic (exact) mass is 232 g/mol. The lowest BCUT2D eigenvalue weighted by Gasteiger charge is -2.19. The zero-order valence-electron chi connectivity index (χ0n) is 6.68. The fourth-order valence-electron chi connectivity index (χ4n) is 1.53. The summed E-state index contributed by atoms with van der Waals surface area (Å²) in [6.07, 6.45) is 3.92. The molecule has 0 heterocycles. The molecule has 3 heteroatoms. The van der Waals surface area contributed by atoms with E-state index >= 15 is 0 Å². The minimum absolute atomic E-state index is 0.117. The molecule has 1 unspecified atom stereocenters. The van der Waals surface area contributed by atoms with Crippen molar-refractivity contribution in [3.05, 3.63) is 41.5 Å². The summed E-state index contributed by atoms with van der Waals surface area (Å²) >= 11 is 17.5. The van der Waals surface area contributed by atoms with E-state index in [0.29, 0.717) is 0 Å². The molecule has 1 aromatic carbocycles. The number of alkyl halides is 3. The molecule has 0 fully saturated rings. The summed E-state index contributed by atoms with van der Waals surface area (Å²) in [5, 5.41) is 0. The second-order valence-electron chi connectivity index (χ2n) is 3.01. The van der Waals surface area contributed by atoms with Gasteiger partial charge in [0.2, 0.25) is 3.79 Å². The second-order valence-corrected chi connectivity index (χ2v) is 5.38. The number of benzene rings is 1. The van der Waals surface area contributed by atoms with E-state index in [9.17, 15) is 0 Å². The van der Waals surface area contributed by atoms with Crippen LogP contribution in [0.15, 0.2) is 30.3 Å². The lowest BCUT2D eigenvalue weighted by molar-refractivity contribution is 0.892. The van der Waals surface area contributed by atoms with Gasteiger partial charge in [0.15, 0.2) is 0 Å². The number of halogens is 3. The topological polar surface area (TPSA) is 0 Å². The third-order valence-corrected chi connectivity index (χ3v) is 2.86. The van der Waals surface area contributed by atoms with Crippen LogP contribution in [0.4, 0.5) is 0 Å². The lowest BCUT2D eigenvalue weighted by Crippen LogP contribution is -2.13. The van der Waals surface area contributed by atoms with Gasteiger partial charge in [0.25, 0.3) is 0 Å². The molecule has 0 radical (unpaired) electrons. The molecule has 0 bridgehead atoms. The van der Waals surface area contributed by atoms with Gasteiger partial charge in [-0.25, -0.2) is 0 Å². The summed E-state index contributed by atoms with van der Waals surface area (Å²) in [4.78, 5) is 0. The molecule has 0 aliphatic heterocycles. The first kappa shape index (κ1) is 9.39. The summed E-state index contributed by atoms with van der Waals surface area (Å²) in [5.74, 6) is -0.117. The Hall–Kier alpha value is -0.170. The highest BCUT2D eigenvalue weighted by Crippen LogP contribution is 2.46. The van der Waals surface area contributed by atoms with Gasteiger partial charge in [-0.05, 0) is 11.1 Å². The predicted molar refractivity (Wildman–Crippen MR) is 58.5 cm³/mol. The number of hydrogen-bond donors (Lipinski definition) is 0. The minimum Gasteiger partial charge on any atom is -0.0826 e. The molecule has 0 nitrogen and oxygen atoms in total. The highest BCUT2D eigenvalue weighted by atomic mass is 35.6. The van der Waals surface area contributed by atoms with Crippen LogP contribution in [0, 0.1) is 0 Å². The first-order valence-electron chi connectivity index (χ1n) is 3.93. The normalized spacial score (nSPS) is 20.4. The first-order valence-corrected chi connectivity index (χ1v) is 5.06. The molecule has 0 spiro atoms. The smallest absolute Gasteiger partial charge is 0.0826 e. The van der Waals surface area contributed by atoms with E-state index in [1.165, 1.54) is 0 Å². The number of hydrogen-bond acceptors (Lipinski definition) is 0. The van der Waals surface area contributed by atoms with Gasteiger partial charge in [0.05, 0.1) is 5.92 Å². The van der Waals surface area contributed by atoms with Crippen LogP contribution in [0.5, 0.6) is 0 Å². The molecule has 1 aliphatic rings. The van der Waals surface area contributed by atoms with Gasteiger partial charge in [0, 0.05) is 0 Å². The van der Waals surface area contributed by atoms with Crippen LogP contribution in [0.3, 0.4) is 0 Å². The van der Waals surface area contributed by atoms with E-state index in [1.54, 1.807) is 0 Å². The van der Waals surface area contributed by atoms with E-state index in [4.69, 9.17) is 34.8 Å². The van der Waals surface area contributed by atoms with Crippen molar-refractivity contribution in [2.24, 2.45) is 0 Å². The molecule has 1 aliphatic carbocycles. The average molecular weight is 234 g/mol. The molecule has 1 atom stereocenters. The Balaban J connectivity index is 2.45. The van der Waals surface area contributed by atoms with E-state index in [-0.39, 0.29) is 5.92 Å². The molecule has 1 aromatic rings. The lowest BCUT2D eigenvalue weighted by atomic mass is 10.0. The summed E-state index contributed by atoms with van der Waals surface area (Å²) in [6, 6.07) is 7.93. The predicted octanol–water partition coefficient (Wildman–Crippen LogP) is 4.17. The van der Waals surface area contributed by atoms with Crippen molar-refractivity contribution in [1.29, 1.82) is 0 Å². The van der Waals surface area contributed by atoms with Crippen molar-refractivity contribution in [3.8, 4) is 0 Å². The van der Waals surface area contributed by atoms with Gasteiger partial charge in [0.1, 0.15) is 0 Å². The van der Waals surface area contributed by atoms with Crippen LogP contribution in [0.2, 0.25) is 0 Å². The van der Waals surface area contributed by atoms with Crippen LogP contribution in [0.25, 0.3) is 6.08 Å². The van der Waals surface area contributed by atoms with Crippen molar-refractivity contribution in [1.82, 2.24) is 0 Å². The van der Waals surface area contributed by atoms with Gasteiger partial charge in [-0.3, -0.25) is 0 Å². The molecule has 0 saturated carbocycles. The number of rotatable bonds is 0. The third kappa shape index (κ3) is 1.71. The van der Waals surface area contributed by atoms with E-state index < -0.39 is 3.79 Å². The van der Waals surface area contributed by atoms with Gasteiger partial charge >= 0.3 is 0 Å². The number of allylic oxidation sites excluding steroid dienone is 1. The van der Waals surface area contributed by atoms with E-state index in [1.807, 2.05) is 36.4 Å². The van der Waals surface area contributed by atoms with Crippen LogP contribution in [0.1, 0.15) is 17.0 Å². The van der Waals surface area contributed by atoms with E-state index in [0.717, 1.165) is 11.1 Å². The Morgan fingerprint density at radius 3 is 2.46 bits per heavy atom. The van der Waals surface area contributed by atoms with Crippen LogP contribution in [-0.4, -0.2) is 3.79 Å². The third-order valence-electron chi connectivity index (χ3n) is 2.15. The molecule has 0 N–H and O–H groups in total. The van der Waals surface area contributed by atoms with Gasteiger partial charge in [-0.15, -0.1) is 0 Å². The van der Waals surface area contributed by atoms with Gasteiger partial charge in [-0.2, -0.15) is 0 Å². The molecular formula is C10H7Cl3. The molecular weight excluding hydrogens is 226 g/mol. The fraction of sp³-hybridized carbons (Fsp3) is 0.200. The zero-order chi connectivity index (χ0) is 9.47. The van der Waals surface area contributed by atoms with Crippen molar-refractivity contribution in [3.63, 3.8) is 0 Å². The van der Waals surface area contributed by atoms with Crippen LogP contribution < -0.4 is 0 Å². The first-order chi connectivity index (χ1) is 6.09. The molecule has 0 saturated heterocycles.